The Labute approximate surface area is 156 Å². The van der Waals surface area contributed by atoms with Crippen LogP contribution >= 0.6 is 0 Å². The number of methoxy groups -OCH3 is 2. The fraction of sp³-hybridized carbons (Fsp3) is 0.500. The van der Waals surface area contributed by atoms with E-state index in [1.807, 2.05) is 0 Å². The van der Waals surface area contributed by atoms with Gasteiger partial charge in [0.25, 0.3) is 0 Å². The summed E-state index contributed by atoms with van der Waals surface area (Å²) in [5, 5.41) is 0. The number of ether oxygens (including phenoxy) is 2. The third kappa shape index (κ3) is 2.53. The first kappa shape index (κ1) is 16.2. The second-order valence-corrected chi connectivity index (χ2v) is 8.54. The Balaban J connectivity index is 1.33. The molecule has 0 aliphatic heterocycles. The number of hydrogen-bond acceptors (Lipinski definition) is 2. The minimum absolute atomic E-state index is 0.746. The van der Waals surface area contributed by atoms with Crippen LogP contribution < -0.4 is 9.47 Å². The van der Waals surface area contributed by atoms with Gasteiger partial charge >= 0.3 is 0 Å². The molecular formula is C24H28O2. The van der Waals surface area contributed by atoms with Gasteiger partial charge in [0.15, 0.2) is 0 Å². The Morgan fingerprint density at radius 2 is 1.19 bits per heavy atom. The number of rotatable bonds is 4. The maximum Gasteiger partial charge on any atom is 0.118 e. The fourth-order valence-corrected chi connectivity index (χ4v) is 6.45. The molecule has 2 aromatic carbocycles. The summed E-state index contributed by atoms with van der Waals surface area (Å²) in [6, 6.07) is 17.7. The van der Waals surface area contributed by atoms with Crippen molar-refractivity contribution in [3.05, 3.63) is 59.7 Å². The van der Waals surface area contributed by atoms with Crippen molar-refractivity contribution in [1.82, 2.24) is 0 Å². The highest BCUT2D eigenvalue weighted by Crippen LogP contribution is 2.65. The highest BCUT2D eigenvalue weighted by Gasteiger charge is 2.56. The minimum atomic E-state index is 0.746. The molecule has 0 N–H and O–H groups in total. The second-order valence-electron chi connectivity index (χ2n) is 8.54. The molecule has 5 rings (SSSR count). The standard InChI is InChI=1S/C24H28O2/c1-25-19-7-3-15(4-8-19)17-11-22-18-13-21(24(14-18)23(22)12-17)16-5-9-20(26-2)10-6-16/h3-10,17-18,21-24H,11-14H2,1-2H3. The zero-order valence-corrected chi connectivity index (χ0v) is 15.7. The van der Waals surface area contributed by atoms with E-state index in [9.17, 15) is 0 Å². The van der Waals surface area contributed by atoms with Crippen LogP contribution in [0.3, 0.4) is 0 Å². The van der Waals surface area contributed by atoms with Crippen LogP contribution in [0.5, 0.6) is 11.5 Å². The van der Waals surface area contributed by atoms with Crippen LogP contribution in [0.2, 0.25) is 0 Å². The molecule has 0 heterocycles. The van der Waals surface area contributed by atoms with E-state index in [4.69, 9.17) is 9.47 Å². The summed E-state index contributed by atoms with van der Waals surface area (Å²) in [7, 11) is 3.49. The largest absolute Gasteiger partial charge is 0.497 e. The Hall–Kier alpha value is -1.96. The zero-order valence-electron chi connectivity index (χ0n) is 15.7. The van der Waals surface area contributed by atoms with Gasteiger partial charge in [-0.25, -0.2) is 0 Å². The lowest BCUT2D eigenvalue weighted by Crippen LogP contribution is -2.23. The van der Waals surface area contributed by atoms with Gasteiger partial charge in [-0.05, 0) is 96.6 Å². The number of benzene rings is 2. The highest BCUT2D eigenvalue weighted by atomic mass is 16.5. The molecule has 2 bridgehead atoms. The third-order valence-corrected chi connectivity index (χ3v) is 7.60. The van der Waals surface area contributed by atoms with Gasteiger partial charge < -0.3 is 9.47 Å². The van der Waals surface area contributed by atoms with Crippen LogP contribution in [0.15, 0.2) is 48.5 Å². The monoisotopic (exact) mass is 348 g/mol. The van der Waals surface area contributed by atoms with E-state index in [-0.39, 0.29) is 0 Å². The molecule has 6 unspecified atom stereocenters. The number of fused-ring (bicyclic) bond motifs is 5. The van der Waals surface area contributed by atoms with Crippen LogP contribution in [0.4, 0.5) is 0 Å². The molecule has 0 radical (unpaired) electrons. The summed E-state index contributed by atoms with van der Waals surface area (Å²) in [6.07, 6.45) is 5.63. The first-order valence-electron chi connectivity index (χ1n) is 10.0. The van der Waals surface area contributed by atoms with Gasteiger partial charge in [-0.2, -0.15) is 0 Å². The first-order valence-corrected chi connectivity index (χ1v) is 10.0. The van der Waals surface area contributed by atoms with Gasteiger partial charge in [0.05, 0.1) is 14.2 Å². The van der Waals surface area contributed by atoms with E-state index in [2.05, 4.69) is 48.5 Å². The lowest BCUT2D eigenvalue weighted by atomic mass is 9.73. The van der Waals surface area contributed by atoms with E-state index in [0.29, 0.717) is 0 Å². The lowest BCUT2D eigenvalue weighted by Gasteiger charge is -2.31. The summed E-state index contributed by atoms with van der Waals surface area (Å²) in [5.74, 6) is 7.16. The molecule has 2 heteroatoms. The lowest BCUT2D eigenvalue weighted by molar-refractivity contribution is 0.232. The molecule has 2 aromatic rings. The van der Waals surface area contributed by atoms with Gasteiger partial charge in [0.1, 0.15) is 11.5 Å². The third-order valence-electron chi connectivity index (χ3n) is 7.60. The predicted octanol–water partition coefficient (Wildman–Crippen LogP) is 5.64. The SMILES string of the molecule is COc1ccc(C2CC3C4CC(c5ccc(OC)cc5)C(C4)C3C2)cc1. The van der Waals surface area contributed by atoms with Crippen molar-refractivity contribution in [3.8, 4) is 11.5 Å². The van der Waals surface area contributed by atoms with Gasteiger partial charge in [-0.1, -0.05) is 24.3 Å². The molecule has 26 heavy (non-hydrogen) atoms. The molecule has 0 aromatic heterocycles. The van der Waals surface area contributed by atoms with Crippen LogP contribution in [0, 0.1) is 23.7 Å². The molecule has 0 saturated heterocycles. The van der Waals surface area contributed by atoms with Gasteiger partial charge in [0, 0.05) is 0 Å². The van der Waals surface area contributed by atoms with Crippen molar-refractivity contribution in [2.75, 3.05) is 14.2 Å². The van der Waals surface area contributed by atoms with Crippen LogP contribution in [0.25, 0.3) is 0 Å². The van der Waals surface area contributed by atoms with Gasteiger partial charge in [-0.15, -0.1) is 0 Å². The number of hydrogen-bond donors (Lipinski definition) is 0. The van der Waals surface area contributed by atoms with E-state index in [1.54, 1.807) is 14.2 Å². The average Bonchev–Trinajstić information content (AvgIpc) is 3.40. The molecule has 2 nitrogen and oxygen atoms in total. The smallest absolute Gasteiger partial charge is 0.118 e. The Bertz CT molecular complexity index is 764. The second kappa shape index (κ2) is 6.33. The van der Waals surface area contributed by atoms with Crippen LogP contribution in [-0.2, 0) is 0 Å². The normalized spacial score (nSPS) is 34.7. The highest BCUT2D eigenvalue weighted by molar-refractivity contribution is 5.33. The average molecular weight is 348 g/mol. The van der Waals surface area contributed by atoms with Crippen molar-refractivity contribution < 1.29 is 9.47 Å². The summed E-state index contributed by atoms with van der Waals surface area (Å²) >= 11 is 0. The summed E-state index contributed by atoms with van der Waals surface area (Å²) in [5.41, 5.74) is 3.05. The predicted molar refractivity (Wildman–Crippen MR) is 104 cm³/mol. The van der Waals surface area contributed by atoms with E-state index in [1.165, 1.54) is 36.8 Å². The van der Waals surface area contributed by atoms with Crippen molar-refractivity contribution in [2.45, 2.75) is 37.5 Å². The summed E-state index contributed by atoms with van der Waals surface area (Å²) in [6.45, 7) is 0. The van der Waals surface area contributed by atoms with Gasteiger partial charge in [-0.3, -0.25) is 0 Å². The molecule has 3 aliphatic rings. The summed E-state index contributed by atoms with van der Waals surface area (Å²) in [4.78, 5) is 0. The van der Waals surface area contributed by atoms with E-state index < -0.39 is 0 Å². The molecule has 136 valence electrons. The maximum absolute atomic E-state index is 5.33. The van der Waals surface area contributed by atoms with Gasteiger partial charge in [0.2, 0.25) is 0 Å². The van der Waals surface area contributed by atoms with E-state index in [0.717, 1.165) is 47.0 Å². The topological polar surface area (TPSA) is 18.5 Å². The molecule has 3 aliphatic carbocycles. The Kier molecular flexibility index (Phi) is 3.95. The first-order chi connectivity index (χ1) is 12.8. The van der Waals surface area contributed by atoms with Crippen molar-refractivity contribution >= 4 is 0 Å². The maximum atomic E-state index is 5.33. The van der Waals surface area contributed by atoms with Crippen LogP contribution in [0.1, 0.15) is 48.6 Å². The Morgan fingerprint density at radius 3 is 1.81 bits per heavy atom. The quantitative estimate of drug-likeness (QED) is 0.712. The van der Waals surface area contributed by atoms with Crippen molar-refractivity contribution in [1.29, 1.82) is 0 Å². The molecule has 3 saturated carbocycles. The minimum Gasteiger partial charge on any atom is -0.497 e. The molecule has 0 spiro atoms. The fourth-order valence-electron chi connectivity index (χ4n) is 6.45. The van der Waals surface area contributed by atoms with Crippen LogP contribution in [-0.4, -0.2) is 14.2 Å². The zero-order chi connectivity index (χ0) is 17.7. The molecule has 3 fully saturated rings. The van der Waals surface area contributed by atoms with Crippen molar-refractivity contribution in [3.63, 3.8) is 0 Å². The van der Waals surface area contributed by atoms with E-state index >= 15 is 0 Å². The molecular weight excluding hydrogens is 320 g/mol. The Morgan fingerprint density at radius 1 is 0.615 bits per heavy atom. The molecule has 6 atom stereocenters. The molecule has 0 amide bonds. The van der Waals surface area contributed by atoms with Crippen molar-refractivity contribution in [2.24, 2.45) is 23.7 Å². The summed E-state index contributed by atoms with van der Waals surface area (Å²) < 4.78 is 10.7.